The molecule has 0 saturated heterocycles. The molecule has 0 amide bonds. The lowest BCUT2D eigenvalue weighted by Crippen LogP contribution is -2.19. The quantitative estimate of drug-likeness (QED) is 0.577. The summed E-state index contributed by atoms with van der Waals surface area (Å²) in [7, 11) is 0. The van der Waals surface area contributed by atoms with Crippen molar-refractivity contribution >= 4 is 48.8 Å². The minimum absolute atomic E-state index is 0.105. The van der Waals surface area contributed by atoms with Gasteiger partial charge in [0.2, 0.25) is 0 Å². The first-order valence-electron chi connectivity index (χ1n) is 5.52. The predicted octanol–water partition coefficient (Wildman–Crippen LogP) is 3.88. The molecule has 1 aromatic heterocycles. The first kappa shape index (κ1) is 14.3. The first-order valence-corrected chi connectivity index (χ1v) is 7.11. The van der Waals surface area contributed by atoms with Crippen LogP contribution in [-0.4, -0.2) is 12.1 Å². The third-order valence-corrected chi connectivity index (χ3v) is 3.36. The Bertz CT molecular complexity index is 704. The van der Waals surface area contributed by atoms with E-state index in [4.69, 9.17) is 9.15 Å². The highest BCUT2D eigenvalue weighted by Crippen LogP contribution is 2.28. The maximum absolute atomic E-state index is 11.8. The zero-order chi connectivity index (χ0) is 14.2. The topological polar surface area (TPSA) is 56.5 Å². The Morgan fingerprint density at radius 2 is 1.95 bits per heavy atom. The second-order valence-corrected chi connectivity index (χ2v) is 5.98. The molecule has 0 spiro atoms. The van der Waals surface area contributed by atoms with E-state index < -0.39 is 11.6 Å². The smallest absolute Gasteiger partial charge is 0.351 e. The van der Waals surface area contributed by atoms with E-state index in [1.165, 1.54) is 6.07 Å². The Labute approximate surface area is 126 Å². The van der Waals surface area contributed by atoms with Crippen molar-refractivity contribution in [3.05, 3.63) is 43.1 Å². The Hall–Kier alpha value is -1.14. The van der Waals surface area contributed by atoms with Crippen LogP contribution in [0.5, 0.6) is 0 Å². The fraction of sp³-hybridized carbons (Fsp3) is 0.231. The lowest BCUT2D eigenvalue weighted by molar-refractivity contribution is 0.0373. The van der Waals surface area contributed by atoms with Crippen LogP contribution in [0.3, 0.4) is 0 Å². The molecular weight excluding hydrogens is 380 g/mol. The highest BCUT2D eigenvalue weighted by molar-refractivity contribution is 9.11. The highest BCUT2D eigenvalue weighted by atomic mass is 79.9. The summed E-state index contributed by atoms with van der Waals surface area (Å²) in [6.45, 7) is 3.43. The maximum Gasteiger partial charge on any atom is 0.351 e. The largest absolute Gasteiger partial charge is 0.459 e. The van der Waals surface area contributed by atoms with Crippen molar-refractivity contribution in [3.63, 3.8) is 0 Å². The van der Waals surface area contributed by atoms with E-state index in [1.54, 1.807) is 26.0 Å². The summed E-state index contributed by atoms with van der Waals surface area (Å²) >= 11 is 6.64. The summed E-state index contributed by atoms with van der Waals surface area (Å²) in [6, 6.07) is 4.99. The summed E-state index contributed by atoms with van der Waals surface area (Å²) in [4.78, 5) is 23.6. The minimum Gasteiger partial charge on any atom is -0.459 e. The van der Waals surface area contributed by atoms with Crippen LogP contribution in [0.25, 0.3) is 11.0 Å². The van der Waals surface area contributed by atoms with Crippen LogP contribution in [0.1, 0.15) is 24.2 Å². The van der Waals surface area contributed by atoms with Gasteiger partial charge in [0.15, 0.2) is 5.58 Å². The van der Waals surface area contributed by atoms with Crippen molar-refractivity contribution in [2.45, 2.75) is 20.0 Å². The molecule has 0 bridgehead atoms. The van der Waals surface area contributed by atoms with Gasteiger partial charge in [-0.05, 0) is 48.0 Å². The lowest BCUT2D eigenvalue weighted by atomic mass is 10.2. The average molecular weight is 390 g/mol. The van der Waals surface area contributed by atoms with Crippen molar-refractivity contribution in [2.75, 3.05) is 0 Å². The predicted molar refractivity (Wildman–Crippen MR) is 78.4 cm³/mol. The number of esters is 1. The summed E-state index contributed by atoms with van der Waals surface area (Å²) in [5.41, 5.74) is -0.415. The Morgan fingerprint density at radius 3 is 2.58 bits per heavy atom. The fourth-order valence-electron chi connectivity index (χ4n) is 1.58. The average Bonchev–Trinajstić information content (AvgIpc) is 2.28. The molecule has 0 aliphatic carbocycles. The van der Waals surface area contributed by atoms with Crippen molar-refractivity contribution in [3.8, 4) is 0 Å². The molecule has 0 unspecified atom stereocenters. The van der Waals surface area contributed by atoms with E-state index in [0.717, 1.165) is 4.47 Å². The summed E-state index contributed by atoms with van der Waals surface area (Å²) < 4.78 is 11.6. The second kappa shape index (κ2) is 5.46. The third-order valence-electron chi connectivity index (χ3n) is 2.31. The highest BCUT2D eigenvalue weighted by Gasteiger charge is 2.17. The van der Waals surface area contributed by atoms with Gasteiger partial charge in [0.1, 0.15) is 5.56 Å². The number of benzene rings is 1. The minimum atomic E-state index is -0.707. The third kappa shape index (κ3) is 3.06. The van der Waals surface area contributed by atoms with Gasteiger partial charge in [-0.1, -0.05) is 15.9 Å². The molecule has 0 aliphatic rings. The molecule has 0 fully saturated rings. The molecule has 1 aromatic carbocycles. The van der Waals surface area contributed by atoms with Crippen LogP contribution < -0.4 is 5.63 Å². The van der Waals surface area contributed by atoms with Crippen LogP contribution >= 0.6 is 31.9 Å². The number of ether oxygens (including phenoxy) is 1. The van der Waals surface area contributed by atoms with E-state index >= 15 is 0 Å². The normalized spacial score (nSPS) is 11.0. The van der Waals surface area contributed by atoms with Gasteiger partial charge in [-0.25, -0.2) is 9.59 Å². The first-order chi connectivity index (χ1) is 8.88. The van der Waals surface area contributed by atoms with E-state index in [9.17, 15) is 9.59 Å². The van der Waals surface area contributed by atoms with Crippen LogP contribution in [0.15, 0.2) is 36.4 Å². The molecule has 2 aromatic rings. The molecular formula is C13H10Br2O4. The number of hydrogen-bond acceptors (Lipinski definition) is 4. The summed E-state index contributed by atoms with van der Waals surface area (Å²) in [6.07, 6.45) is -0.295. The number of carbonyl (C=O) groups is 1. The number of carbonyl (C=O) groups excluding carboxylic acids is 1. The number of hydrogen-bond donors (Lipinski definition) is 0. The lowest BCUT2D eigenvalue weighted by Gasteiger charge is -2.08. The van der Waals surface area contributed by atoms with Crippen molar-refractivity contribution in [1.29, 1.82) is 0 Å². The molecule has 1 heterocycles. The molecule has 0 atom stereocenters. The van der Waals surface area contributed by atoms with Crippen molar-refractivity contribution in [2.24, 2.45) is 0 Å². The van der Waals surface area contributed by atoms with E-state index in [-0.39, 0.29) is 11.7 Å². The van der Waals surface area contributed by atoms with Gasteiger partial charge < -0.3 is 9.15 Å². The molecule has 2 rings (SSSR count). The van der Waals surface area contributed by atoms with Crippen LogP contribution in [0.4, 0.5) is 0 Å². The Balaban J connectivity index is 2.62. The van der Waals surface area contributed by atoms with Gasteiger partial charge in [-0.2, -0.15) is 0 Å². The molecule has 0 radical (unpaired) electrons. The standard InChI is InChI=1S/C13H10Br2O4/c1-6(2)18-12(16)9-4-7-3-8(14)5-10(15)11(7)19-13(9)17/h3-6H,1-2H3. The van der Waals surface area contributed by atoms with Crippen molar-refractivity contribution in [1.82, 2.24) is 0 Å². The van der Waals surface area contributed by atoms with E-state index in [0.29, 0.717) is 15.4 Å². The summed E-state index contributed by atoms with van der Waals surface area (Å²) in [5.74, 6) is -0.679. The Kier molecular flexibility index (Phi) is 4.10. The van der Waals surface area contributed by atoms with Crippen LogP contribution in [0.2, 0.25) is 0 Å². The molecule has 6 heteroatoms. The van der Waals surface area contributed by atoms with Gasteiger partial charge in [0.05, 0.1) is 10.6 Å². The number of fused-ring (bicyclic) bond motifs is 1. The van der Waals surface area contributed by atoms with Crippen LogP contribution in [0, 0.1) is 0 Å². The SMILES string of the molecule is CC(C)OC(=O)c1cc2cc(Br)cc(Br)c2oc1=O. The fourth-order valence-corrected chi connectivity index (χ4v) is 2.92. The molecule has 0 aliphatic heterocycles. The molecule has 100 valence electrons. The Morgan fingerprint density at radius 1 is 1.26 bits per heavy atom. The van der Waals surface area contributed by atoms with E-state index in [1.807, 2.05) is 0 Å². The zero-order valence-corrected chi connectivity index (χ0v) is 13.4. The van der Waals surface area contributed by atoms with Gasteiger partial charge in [0, 0.05) is 9.86 Å². The van der Waals surface area contributed by atoms with Gasteiger partial charge in [0.25, 0.3) is 0 Å². The van der Waals surface area contributed by atoms with Crippen LogP contribution in [-0.2, 0) is 4.74 Å². The van der Waals surface area contributed by atoms with Crippen molar-refractivity contribution < 1.29 is 13.9 Å². The number of halogens is 2. The molecule has 0 saturated carbocycles. The monoisotopic (exact) mass is 388 g/mol. The van der Waals surface area contributed by atoms with E-state index in [2.05, 4.69) is 31.9 Å². The van der Waals surface area contributed by atoms with Gasteiger partial charge in [-0.3, -0.25) is 0 Å². The summed E-state index contributed by atoms with van der Waals surface area (Å²) in [5, 5.41) is 0.636. The van der Waals surface area contributed by atoms with Gasteiger partial charge in [-0.15, -0.1) is 0 Å². The zero-order valence-electron chi connectivity index (χ0n) is 10.2. The maximum atomic E-state index is 11.8. The number of rotatable bonds is 2. The molecule has 4 nitrogen and oxygen atoms in total. The molecule has 0 N–H and O–H groups in total. The second-order valence-electron chi connectivity index (χ2n) is 4.21. The van der Waals surface area contributed by atoms with Gasteiger partial charge >= 0.3 is 11.6 Å². The molecule has 19 heavy (non-hydrogen) atoms.